The molecular weight excluding hydrogens is 412 g/mol. The Bertz CT molecular complexity index is 563. The van der Waals surface area contributed by atoms with E-state index in [1.807, 2.05) is 71.9 Å². The van der Waals surface area contributed by atoms with E-state index in [0.29, 0.717) is 19.8 Å². The van der Waals surface area contributed by atoms with Gasteiger partial charge in [0.15, 0.2) is 0 Å². The van der Waals surface area contributed by atoms with Crippen molar-refractivity contribution in [2.45, 2.75) is 77.6 Å². The molecule has 0 heterocycles. The first-order valence-corrected chi connectivity index (χ1v) is 12.8. The van der Waals surface area contributed by atoms with Gasteiger partial charge in [0.05, 0.1) is 16.8 Å². The predicted molar refractivity (Wildman–Crippen MR) is 127 cm³/mol. The summed E-state index contributed by atoms with van der Waals surface area (Å²) >= 11 is 0. The Hall–Kier alpha value is -0.803. The highest BCUT2D eigenvalue weighted by Crippen LogP contribution is 2.21. The second kappa shape index (κ2) is 12.4. The Morgan fingerprint density at radius 1 is 0.581 bits per heavy atom. The lowest BCUT2D eigenvalue weighted by Gasteiger charge is -2.34. The molecule has 0 aliphatic carbocycles. The fraction of sp³-hybridized carbons (Fsp3) is 0.750. The molecule has 1 aromatic rings. The van der Waals surface area contributed by atoms with Crippen LogP contribution in [0, 0.1) is 0 Å². The average molecular weight is 457 g/mol. The minimum absolute atomic E-state index is 0.285. The maximum absolute atomic E-state index is 6.48. The van der Waals surface area contributed by atoms with Crippen LogP contribution >= 0.6 is 0 Å². The zero-order chi connectivity index (χ0) is 23.6. The number of ether oxygens (including phenoxy) is 3. The molecule has 0 N–H and O–H groups in total. The molecule has 0 unspecified atom stereocenters. The Morgan fingerprint density at radius 3 is 1.19 bits per heavy atom. The van der Waals surface area contributed by atoms with Crippen LogP contribution in [-0.2, 0) is 27.5 Å². The van der Waals surface area contributed by atoms with Crippen molar-refractivity contribution in [2.24, 2.45) is 0 Å². The molecule has 31 heavy (non-hydrogen) atoms. The molecule has 0 spiro atoms. The van der Waals surface area contributed by atoms with E-state index in [1.165, 1.54) is 0 Å². The first-order chi connectivity index (χ1) is 14.4. The zero-order valence-corrected chi connectivity index (χ0v) is 22.1. The maximum atomic E-state index is 6.48. The van der Waals surface area contributed by atoms with E-state index < -0.39 is 8.80 Å². The van der Waals surface area contributed by atoms with Crippen molar-refractivity contribution >= 4 is 14.0 Å². The second-order valence-electron chi connectivity index (χ2n) is 9.61. The summed E-state index contributed by atoms with van der Waals surface area (Å²) in [5.74, 6) is 0. The van der Waals surface area contributed by atoms with Crippen LogP contribution in [0.5, 0.6) is 0 Å². The SMILES string of the molecule is COC(C)(C)CCO[Si](OCCC(C)(C)OC)(OCCC(C)(C)OC)c1ccccc1. The van der Waals surface area contributed by atoms with Gasteiger partial charge < -0.3 is 27.5 Å². The molecule has 0 saturated heterocycles. The highest BCUT2D eigenvalue weighted by Gasteiger charge is 2.45. The number of rotatable bonds is 16. The van der Waals surface area contributed by atoms with Crippen molar-refractivity contribution in [1.82, 2.24) is 0 Å². The minimum Gasteiger partial charge on any atom is -0.379 e. The van der Waals surface area contributed by atoms with Crippen molar-refractivity contribution in [3.05, 3.63) is 30.3 Å². The van der Waals surface area contributed by atoms with Gasteiger partial charge in [0.25, 0.3) is 0 Å². The average Bonchev–Trinajstić information content (AvgIpc) is 2.73. The van der Waals surface area contributed by atoms with Gasteiger partial charge in [-0.15, -0.1) is 0 Å². The minimum atomic E-state index is -3.18. The molecule has 0 aliphatic rings. The molecule has 0 amide bonds. The number of hydrogen-bond acceptors (Lipinski definition) is 6. The number of methoxy groups -OCH3 is 3. The summed E-state index contributed by atoms with van der Waals surface area (Å²) < 4.78 is 36.1. The standard InChI is InChI=1S/C24H44O6Si/c1-22(2,25-7)15-18-28-31(21-13-11-10-12-14-21,29-19-16-23(3,4)26-8)30-20-17-24(5,6)27-9/h10-14H,15-20H2,1-9H3. The third-order valence-electron chi connectivity index (χ3n) is 5.77. The second-order valence-corrected chi connectivity index (χ2v) is 12.2. The van der Waals surface area contributed by atoms with Gasteiger partial charge in [-0.1, -0.05) is 30.3 Å². The van der Waals surface area contributed by atoms with Crippen molar-refractivity contribution in [3.63, 3.8) is 0 Å². The Balaban J connectivity index is 3.09. The Kier molecular flexibility index (Phi) is 11.3. The molecule has 180 valence electrons. The van der Waals surface area contributed by atoms with Gasteiger partial charge in [-0.25, -0.2) is 0 Å². The largest absolute Gasteiger partial charge is 0.537 e. The van der Waals surface area contributed by atoms with Gasteiger partial charge in [0.2, 0.25) is 0 Å². The van der Waals surface area contributed by atoms with Crippen LogP contribution in [-0.4, -0.2) is 66.8 Å². The third kappa shape index (κ3) is 10.1. The molecule has 0 saturated carbocycles. The van der Waals surface area contributed by atoms with E-state index in [0.717, 1.165) is 24.4 Å². The molecular formula is C24H44O6Si. The van der Waals surface area contributed by atoms with Crippen LogP contribution in [0.25, 0.3) is 0 Å². The van der Waals surface area contributed by atoms with Crippen LogP contribution < -0.4 is 5.19 Å². The Morgan fingerprint density at radius 2 is 0.903 bits per heavy atom. The van der Waals surface area contributed by atoms with Gasteiger partial charge in [-0.3, -0.25) is 0 Å². The molecule has 1 aromatic carbocycles. The first-order valence-electron chi connectivity index (χ1n) is 11.0. The first kappa shape index (κ1) is 28.2. The van der Waals surface area contributed by atoms with Crippen molar-refractivity contribution in [3.8, 4) is 0 Å². The smallest absolute Gasteiger partial charge is 0.379 e. The number of hydrogen-bond donors (Lipinski definition) is 0. The van der Waals surface area contributed by atoms with Gasteiger partial charge in [-0.05, 0) is 60.8 Å². The molecule has 0 fully saturated rings. The molecule has 0 atom stereocenters. The zero-order valence-electron chi connectivity index (χ0n) is 21.1. The summed E-state index contributed by atoms with van der Waals surface area (Å²) in [7, 11) is 1.97. The number of benzene rings is 1. The topological polar surface area (TPSA) is 55.4 Å². The maximum Gasteiger partial charge on any atom is 0.537 e. The summed E-state index contributed by atoms with van der Waals surface area (Å²) in [4.78, 5) is 0. The summed E-state index contributed by atoms with van der Waals surface area (Å²) in [6.45, 7) is 13.7. The predicted octanol–water partition coefficient (Wildman–Crippen LogP) is 4.33. The normalized spacial score (nSPS) is 13.6. The van der Waals surface area contributed by atoms with Crippen molar-refractivity contribution in [1.29, 1.82) is 0 Å². The fourth-order valence-electron chi connectivity index (χ4n) is 2.62. The van der Waals surface area contributed by atoms with Crippen LogP contribution in [0.15, 0.2) is 30.3 Å². The van der Waals surface area contributed by atoms with Crippen molar-refractivity contribution in [2.75, 3.05) is 41.2 Å². The van der Waals surface area contributed by atoms with Gasteiger partial charge in [0.1, 0.15) is 0 Å². The molecule has 0 radical (unpaired) electrons. The quantitative estimate of drug-likeness (QED) is 0.345. The molecule has 0 bridgehead atoms. The van der Waals surface area contributed by atoms with E-state index in [1.54, 1.807) is 21.3 Å². The van der Waals surface area contributed by atoms with Crippen LogP contribution in [0.3, 0.4) is 0 Å². The highest BCUT2D eigenvalue weighted by atomic mass is 28.4. The van der Waals surface area contributed by atoms with Crippen molar-refractivity contribution < 1.29 is 27.5 Å². The molecule has 6 nitrogen and oxygen atoms in total. The molecule has 7 heteroatoms. The van der Waals surface area contributed by atoms with E-state index in [2.05, 4.69) is 0 Å². The summed E-state index contributed by atoms with van der Waals surface area (Å²) in [5.41, 5.74) is -0.854. The summed E-state index contributed by atoms with van der Waals surface area (Å²) in [6, 6.07) is 10.0. The summed E-state index contributed by atoms with van der Waals surface area (Å²) in [6.07, 6.45) is 2.18. The van der Waals surface area contributed by atoms with E-state index in [4.69, 9.17) is 27.5 Å². The van der Waals surface area contributed by atoms with Gasteiger partial charge in [0, 0.05) is 46.3 Å². The molecule has 1 rings (SSSR count). The third-order valence-corrected chi connectivity index (χ3v) is 8.57. The monoisotopic (exact) mass is 456 g/mol. The highest BCUT2D eigenvalue weighted by molar-refractivity contribution is 6.75. The van der Waals surface area contributed by atoms with E-state index >= 15 is 0 Å². The Labute approximate surface area is 190 Å². The van der Waals surface area contributed by atoms with Gasteiger partial charge in [-0.2, -0.15) is 0 Å². The van der Waals surface area contributed by atoms with E-state index in [-0.39, 0.29) is 16.8 Å². The lowest BCUT2D eigenvalue weighted by molar-refractivity contribution is -0.0262. The van der Waals surface area contributed by atoms with Crippen LogP contribution in [0.2, 0.25) is 0 Å². The lowest BCUT2D eigenvalue weighted by Crippen LogP contribution is -2.58. The fourth-order valence-corrected chi connectivity index (χ4v) is 5.08. The molecule has 0 aromatic heterocycles. The van der Waals surface area contributed by atoms with Gasteiger partial charge >= 0.3 is 8.80 Å². The summed E-state index contributed by atoms with van der Waals surface area (Å²) in [5, 5.41) is 0.954. The van der Waals surface area contributed by atoms with Crippen LogP contribution in [0.4, 0.5) is 0 Å². The molecule has 0 aliphatic heterocycles. The van der Waals surface area contributed by atoms with E-state index in [9.17, 15) is 0 Å². The lowest BCUT2D eigenvalue weighted by atomic mass is 10.1. The van der Waals surface area contributed by atoms with Crippen LogP contribution in [0.1, 0.15) is 60.8 Å².